The smallest absolute Gasteiger partial charge is 0.340 e. The molecule has 0 saturated carbocycles. The fourth-order valence-electron chi connectivity index (χ4n) is 3.07. The molecule has 0 spiro atoms. The quantitative estimate of drug-likeness (QED) is 0.526. The highest BCUT2D eigenvalue weighted by molar-refractivity contribution is 6.16. The van der Waals surface area contributed by atoms with Gasteiger partial charge in [0, 0.05) is 11.4 Å². The van der Waals surface area contributed by atoms with E-state index < -0.39 is 5.97 Å². The van der Waals surface area contributed by atoms with Crippen molar-refractivity contribution in [3.05, 3.63) is 88.2 Å². The number of rotatable bonds is 6. The Kier molecular flexibility index (Phi) is 5.41. The van der Waals surface area contributed by atoms with Crippen LogP contribution < -0.4 is 4.74 Å². The minimum atomic E-state index is -0.539. The third-order valence-electron chi connectivity index (χ3n) is 4.36. The van der Waals surface area contributed by atoms with Gasteiger partial charge in [0.1, 0.15) is 12.4 Å². The van der Waals surface area contributed by atoms with E-state index in [1.165, 1.54) is 7.11 Å². The Morgan fingerprint density at radius 1 is 0.889 bits per heavy atom. The molecule has 0 saturated heterocycles. The predicted octanol–water partition coefficient (Wildman–Crippen LogP) is 4.23. The van der Waals surface area contributed by atoms with Crippen LogP contribution in [0, 0.1) is 13.8 Å². The Morgan fingerprint density at radius 2 is 1.52 bits per heavy atom. The van der Waals surface area contributed by atoms with Crippen LogP contribution in [-0.4, -0.2) is 23.8 Å². The van der Waals surface area contributed by atoms with Crippen LogP contribution >= 0.6 is 0 Å². The first-order chi connectivity index (χ1) is 13.0. The average molecular weight is 363 g/mol. The van der Waals surface area contributed by atoms with Crippen molar-refractivity contribution in [1.82, 2.24) is 4.98 Å². The SMILES string of the molecule is COC(=O)c1c(C)[nH]c(C)c1C(=O)c1ccccc1OCc1ccccc1. The molecule has 0 atom stereocenters. The summed E-state index contributed by atoms with van der Waals surface area (Å²) in [5.74, 6) is -0.343. The van der Waals surface area contributed by atoms with Gasteiger partial charge in [-0.15, -0.1) is 0 Å². The van der Waals surface area contributed by atoms with Gasteiger partial charge >= 0.3 is 5.97 Å². The molecular weight excluding hydrogens is 342 g/mol. The van der Waals surface area contributed by atoms with Gasteiger partial charge in [-0.25, -0.2) is 4.79 Å². The van der Waals surface area contributed by atoms with E-state index in [0.29, 0.717) is 34.9 Å². The van der Waals surface area contributed by atoms with Crippen molar-refractivity contribution in [2.45, 2.75) is 20.5 Å². The second-order valence-electron chi connectivity index (χ2n) is 6.22. The van der Waals surface area contributed by atoms with Crippen molar-refractivity contribution >= 4 is 11.8 Å². The van der Waals surface area contributed by atoms with E-state index in [2.05, 4.69) is 4.98 Å². The highest BCUT2D eigenvalue weighted by atomic mass is 16.5. The number of carbonyl (C=O) groups excluding carboxylic acids is 2. The lowest BCUT2D eigenvalue weighted by Crippen LogP contribution is -2.12. The number of nitrogens with one attached hydrogen (secondary N) is 1. The highest BCUT2D eigenvalue weighted by Crippen LogP contribution is 2.27. The molecule has 0 aliphatic carbocycles. The van der Waals surface area contributed by atoms with Gasteiger partial charge in [0.25, 0.3) is 0 Å². The lowest BCUT2D eigenvalue weighted by atomic mass is 9.98. The molecule has 0 aliphatic rings. The Bertz CT molecular complexity index is 973. The van der Waals surface area contributed by atoms with Crippen molar-refractivity contribution in [2.75, 3.05) is 7.11 Å². The fourth-order valence-corrected chi connectivity index (χ4v) is 3.07. The third-order valence-corrected chi connectivity index (χ3v) is 4.36. The maximum absolute atomic E-state index is 13.2. The predicted molar refractivity (Wildman–Crippen MR) is 102 cm³/mol. The van der Waals surface area contributed by atoms with E-state index in [9.17, 15) is 9.59 Å². The lowest BCUT2D eigenvalue weighted by Gasteiger charge is -2.12. The normalized spacial score (nSPS) is 10.5. The molecule has 0 amide bonds. The first-order valence-electron chi connectivity index (χ1n) is 8.61. The second kappa shape index (κ2) is 7.91. The molecule has 0 unspecified atom stereocenters. The number of aromatic amines is 1. The number of ether oxygens (including phenoxy) is 2. The first kappa shape index (κ1) is 18.5. The summed E-state index contributed by atoms with van der Waals surface area (Å²) in [5.41, 5.74) is 3.21. The van der Waals surface area contributed by atoms with Crippen LogP contribution in [0.25, 0.3) is 0 Å². The number of ketones is 1. The lowest BCUT2D eigenvalue weighted by molar-refractivity contribution is 0.0597. The number of carbonyl (C=O) groups is 2. The molecule has 1 aromatic heterocycles. The number of hydrogen-bond donors (Lipinski definition) is 1. The number of aryl methyl sites for hydroxylation is 2. The number of H-pyrrole nitrogens is 1. The highest BCUT2D eigenvalue weighted by Gasteiger charge is 2.27. The number of esters is 1. The molecular formula is C22H21NO4. The van der Waals surface area contributed by atoms with Gasteiger partial charge in [-0.1, -0.05) is 42.5 Å². The molecule has 5 nitrogen and oxygen atoms in total. The van der Waals surface area contributed by atoms with Gasteiger partial charge in [0.15, 0.2) is 5.78 Å². The van der Waals surface area contributed by atoms with Crippen LogP contribution in [0.1, 0.15) is 43.2 Å². The van der Waals surface area contributed by atoms with Crippen molar-refractivity contribution in [1.29, 1.82) is 0 Å². The van der Waals surface area contributed by atoms with Gasteiger partial charge in [0.2, 0.25) is 0 Å². The van der Waals surface area contributed by atoms with Gasteiger partial charge in [-0.3, -0.25) is 4.79 Å². The number of aromatic nitrogens is 1. The van der Waals surface area contributed by atoms with E-state index in [-0.39, 0.29) is 11.3 Å². The van der Waals surface area contributed by atoms with E-state index in [0.717, 1.165) is 5.56 Å². The number of benzene rings is 2. The number of hydrogen-bond acceptors (Lipinski definition) is 4. The van der Waals surface area contributed by atoms with E-state index in [4.69, 9.17) is 9.47 Å². The summed E-state index contributed by atoms with van der Waals surface area (Å²) < 4.78 is 10.7. The Labute approximate surface area is 157 Å². The van der Waals surface area contributed by atoms with Gasteiger partial charge in [-0.05, 0) is 31.5 Å². The average Bonchev–Trinajstić information content (AvgIpc) is 3.00. The van der Waals surface area contributed by atoms with Crippen LogP contribution in [0.5, 0.6) is 5.75 Å². The Balaban J connectivity index is 1.96. The molecule has 0 radical (unpaired) electrons. The summed E-state index contributed by atoms with van der Waals surface area (Å²) in [4.78, 5) is 28.5. The molecule has 0 aliphatic heterocycles. The van der Waals surface area contributed by atoms with Crippen LogP contribution in [0.2, 0.25) is 0 Å². The number of para-hydroxylation sites is 1. The second-order valence-corrected chi connectivity index (χ2v) is 6.22. The molecule has 3 rings (SSSR count). The van der Waals surface area contributed by atoms with E-state index >= 15 is 0 Å². The summed E-state index contributed by atoms with van der Waals surface area (Å²) >= 11 is 0. The standard InChI is InChI=1S/C22H21NO4/c1-14-19(20(15(2)23-14)22(25)26-3)21(24)17-11-7-8-12-18(17)27-13-16-9-5-4-6-10-16/h4-12,23H,13H2,1-3H3. The van der Waals surface area contributed by atoms with Crippen molar-refractivity contribution in [3.8, 4) is 5.75 Å². The molecule has 0 fully saturated rings. The third kappa shape index (κ3) is 3.77. The van der Waals surface area contributed by atoms with Crippen LogP contribution in [-0.2, 0) is 11.3 Å². The molecule has 1 heterocycles. The summed E-state index contributed by atoms with van der Waals surface area (Å²) in [7, 11) is 1.30. The maximum Gasteiger partial charge on any atom is 0.340 e. The van der Waals surface area contributed by atoms with Crippen LogP contribution in [0.4, 0.5) is 0 Å². The van der Waals surface area contributed by atoms with Gasteiger partial charge in [0.05, 0.1) is 23.8 Å². The molecule has 1 N–H and O–H groups in total. The fraction of sp³-hybridized carbons (Fsp3) is 0.182. The summed E-state index contributed by atoms with van der Waals surface area (Å²) in [6, 6.07) is 16.8. The van der Waals surface area contributed by atoms with E-state index in [1.807, 2.05) is 36.4 Å². The van der Waals surface area contributed by atoms with Crippen LogP contribution in [0.15, 0.2) is 54.6 Å². The zero-order chi connectivity index (χ0) is 19.4. The summed E-state index contributed by atoms with van der Waals surface area (Å²) in [6.07, 6.45) is 0. The van der Waals surface area contributed by atoms with Crippen molar-refractivity contribution in [3.63, 3.8) is 0 Å². The Morgan fingerprint density at radius 3 is 2.22 bits per heavy atom. The minimum Gasteiger partial charge on any atom is -0.488 e. The minimum absolute atomic E-state index is 0.262. The van der Waals surface area contributed by atoms with E-state index in [1.54, 1.807) is 32.0 Å². The Hall–Kier alpha value is -3.34. The monoisotopic (exact) mass is 363 g/mol. The zero-order valence-electron chi connectivity index (χ0n) is 15.5. The van der Waals surface area contributed by atoms with Crippen molar-refractivity contribution in [2.24, 2.45) is 0 Å². The maximum atomic E-state index is 13.2. The zero-order valence-corrected chi connectivity index (χ0v) is 15.5. The largest absolute Gasteiger partial charge is 0.488 e. The first-order valence-corrected chi connectivity index (χ1v) is 8.61. The molecule has 3 aromatic rings. The topological polar surface area (TPSA) is 68.4 Å². The summed E-state index contributed by atoms with van der Waals surface area (Å²) in [5, 5.41) is 0. The van der Waals surface area contributed by atoms with Crippen LogP contribution in [0.3, 0.4) is 0 Å². The van der Waals surface area contributed by atoms with Crippen molar-refractivity contribution < 1.29 is 19.1 Å². The molecule has 5 heteroatoms. The van der Waals surface area contributed by atoms with Gasteiger partial charge in [-0.2, -0.15) is 0 Å². The van der Waals surface area contributed by atoms with Gasteiger partial charge < -0.3 is 14.5 Å². The molecule has 2 aromatic carbocycles. The number of methoxy groups -OCH3 is 1. The summed E-state index contributed by atoms with van der Waals surface area (Å²) in [6.45, 7) is 3.86. The molecule has 138 valence electrons. The molecule has 0 bridgehead atoms. The molecule has 27 heavy (non-hydrogen) atoms.